The maximum Gasteiger partial charge on any atom is 0.321 e. The van der Waals surface area contributed by atoms with E-state index < -0.39 is 0 Å². The maximum atomic E-state index is 13.2. The minimum atomic E-state index is -0.310. The summed E-state index contributed by atoms with van der Waals surface area (Å²) in [5, 5.41) is 7.19. The highest BCUT2D eigenvalue weighted by molar-refractivity contribution is 5.77. The number of aromatic amines is 1. The number of hydrogen-bond donors (Lipinski definition) is 1. The molecule has 0 unspecified atom stereocenters. The first-order chi connectivity index (χ1) is 10.5. The van der Waals surface area contributed by atoms with Crippen LogP contribution in [-0.4, -0.2) is 62.6 Å². The van der Waals surface area contributed by atoms with Crippen LogP contribution in [0.25, 0.3) is 0 Å². The Morgan fingerprint density at radius 3 is 3.00 bits per heavy atom. The number of aromatic nitrogens is 2. The van der Waals surface area contributed by atoms with Crippen molar-refractivity contribution in [1.82, 2.24) is 24.9 Å². The molecule has 3 aliphatic heterocycles. The molecule has 3 aliphatic rings. The Labute approximate surface area is 131 Å². The van der Waals surface area contributed by atoms with Crippen LogP contribution < -0.4 is 0 Å². The molecule has 0 aromatic carbocycles. The molecule has 2 fully saturated rings. The number of carbonyl (C=O) groups excluding carboxylic acids is 1. The summed E-state index contributed by atoms with van der Waals surface area (Å²) in [7, 11) is 0. The summed E-state index contributed by atoms with van der Waals surface area (Å²) in [6.45, 7) is 10.1. The van der Waals surface area contributed by atoms with E-state index in [4.69, 9.17) is 0 Å². The number of H-pyrrole nitrogens is 1. The molecule has 6 nitrogen and oxygen atoms in total. The van der Waals surface area contributed by atoms with E-state index in [9.17, 15) is 4.79 Å². The van der Waals surface area contributed by atoms with Crippen molar-refractivity contribution in [2.24, 2.45) is 0 Å². The molecule has 1 N–H and O–H groups in total. The van der Waals surface area contributed by atoms with E-state index in [2.05, 4.69) is 40.8 Å². The molecule has 4 rings (SSSR count). The predicted molar refractivity (Wildman–Crippen MR) is 83.3 cm³/mol. The fourth-order valence-corrected chi connectivity index (χ4v) is 4.38. The standard InChI is InChI=1S/C16H25N5O/c1-11-8-19-6-4-5-13(19)10-20(11)15(22)21-9-12-7-17-18-14(12)16(21,2)3/h7,11,13H,4-6,8-10H2,1-3H3,(H,17,18)/t11-,13-/m0/s1. The predicted octanol–water partition coefficient (Wildman–Crippen LogP) is 1.75. The monoisotopic (exact) mass is 303 g/mol. The lowest BCUT2D eigenvalue weighted by molar-refractivity contribution is 0.0454. The summed E-state index contributed by atoms with van der Waals surface area (Å²) in [5.74, 6) is 0. The highest BCUT2D eigenvalue weighted by Crippen LogP contribution is 2.38. The van der Waals surface area contributed by atoms with E-state index >= 15 is 0 Å². The van der Waals surface area contributed by atoms with Gasteiger partial charge in [-0.1, -0.05) is 0 Å². The minimum absolute atomic E-state index is 0.175. The summed E-state index contributed by atoms with van der Waals surface area (Å²) in [5.41, 5.74) is 1.91. The molecule has 2 saturated heterocycles. The average molecular weight is 303 g/mol. The molecule has 1 aromatic heterocycles. The van der Waals surface area contributed by atoms with Crippen LogP contribution in [0, 0.1) is 0 Å². The molecule has 0 bridgehead atoms. The third-order valence-electron chi connectivity index (χ3n) is 5.75. The largest absolute Gasteiger partial charge is 0.321 e. The van der Waals surface area contributed by atoms with Crippen molar-refractivity contribution in [1.29, 1.82) is 0 Å². The summed E-state index contributed by atoms with van der Waals surface area (Å²) in [6, 6.07) is 1.02. The molecule has 4 heterocycles. The lowest BCUT2D eigenvalue weighted by Gasteiger charge is -2.45. The normalized spacial score (nSPS) is 30.5. The fourth-order valence-electron chi connectivity index (χ4n) is 4.38. The number of nitrogens with one attached hydrogen (secondary N) is 1. The Balaban J connectivity index is 1.56. The lowest BCUT2D eigenvalue weighted by atomic mass is 10.0. The van der Waals surface area contributed by atoms with Gasteiger partial charge in [-0.2, -0.15) is 5.10 Å². The summed E-state index contributed by atoms with van der Waals surface area (Å²) in [4.78, 5) is 19.8. The molecular formula is C16H25N5O. The fraction of sp³-hybridized carbons (Fsp3) is 0.750. The topological polar surface area (TPSA) is 55.5 Å². The van der Waals surface area contributed by atoms with E-state index in [-0.39, 0.29) is 17.6 Å². The van der Waals surface area contributed by atoms with Crippen molar-refractivity contribution in [2.75, 3.05) is 19.6 Å². The van der Waals surface area contributed by atoms with Gasteiger partial charge in [0.2, 0.25) is 0 Å². The van der Waals surface area contributed by atoms with Gasteiger partial charge in [-0.3, -0.25) is 10.00 Å². The van der Waals surface area contributed by atoms with Crippen LogP contribution in [0.3, 0.4) is 0 Å². The van der Waals surface area contributed by atoms with E-state index in [0.29, 0.717) is 12.6 Å². The summed E-state index contributed by atoms with van der Waals surface area (Å²) >= 11 is 0. The molecule has 0 aliphatic carbocycles. The minimum Gasteiger partial charge on any atom is -0.319 e. The molecule has 2 atom stereocenters. The van der Waals surface area contributed by atoms with Crippen molar-refractivity contribution >= 4 is 6.03 Å². The van der Waals surface area contributed by atoms with Gasteiger partial charge in [0.1, 0.15) is 0 Å². The Morgan fingerprint density at radius 2 is 2.23 bits per heavy atom. The van der Waals surface area contributed by atoms with Crippen LogP contribution in [0.5, 0.6) is 0 Å². The lowest BCUT2D eigenvalue weighted by Crippen LogP contribution is -2.60. The maximum absolute atomic E-state index is 13.2. The molecule has 120 valence electrons. The third kappa shape index (κ3) is 1.89. The third-order valence-corrected chi connectivity index (χ3v) is 5.75. The Bertz CT molecular complexity index is 595. The van der Waals surface area contributed by atoms with E-state index in [1.54, 1.807) is 0 Å². The smallest absolute Gasteiger partial charge is 0.319 e. The molecule has 22 heavy (non-hydrogen) atoms. The summed E-state index contributed by atoms with van der Waals surface area (Å²) in [6.07, 6.45) is 4.34. The first-order valence-electron chi connectivity index (χ1n) is 8.33. The van der Waals surface area contributed by atoms with E-state index in [1.165, 1.54) is 19.4 Å². The van der Waals surface area contributed by atoms with Crippen LogP contribution in [-0.2, 0) is 12.1 Å². The van der Waals surface area contributed by atoms with Crippen molar-refractivity contribution in [3.63, 3.8) is 0 Å². The van der Waals surface area contributed by atoms with E-state index in [0.717, 1.165) is 24.3 Å². The Morgan fingerprint density at radius 1 is 1.41 bits per heavy atom. The molecule has 0 saturated carbocycles. The van der Waals surface area contributed by atoms with Gasteiger partial charge >= 0.3 is 6.03 Å². The zero-order chi connectivity index (χ0) is 15.5. The molecule has 0 spiro atoms. The van der Waals surface area contributed by atoms with Gasteiger partial charge in [-0.05, 0) is 40.2 Å². The van der Waals surface area contributed by atoms with Gasteiger partial charge in [-0.15, -0.1) is 0 Å². The van der Waals surface area contributed by atoms with Gasteiger partial charge in [0.15, 0.2) is 0 Å². The van der Waals surface area contributed by atoms with Crippen LogP contribution in [0.2, 0.25) is 0 Å². The van der Waals surface area contributed by atoms with E-state index in [1.807, 2.05) is 11.1 Å². The Kier molecular flexibility index (Phi) is 3.01. The van der Waals surface area contributed by atoms with Gasteiger partial charge in [-0.25, -0.2) is 4.79 Å². The number of amides is 2. The second-order valence-electron chi connectivity index (χ2n) is 7.49. The van der Waals surface area contributed by atoms with Crippen molar-refractivity contribution in [3.8, 4) is 0 Å². The van der Waals surface area contributed by atoms with Crippen LogP contribution in [0.1, 0.15) is 44.9 Å². The average Bonchev–Trinajstić information content (AvgIpc) is 3.15. The second kappa shape index (κ2) is 4.72. The number of rotatable bonds is 0. The van der Waals surface area contributed by atoms with Crippen molar-refractivity contribution in [2.45, 2.75) is 57.8 Å². The first kappa shape index (κ1) is 14.1. The number of hydrogen-bond acceptors (Lipinski definition) is 3. The highest BCUT2D eigenvalue weighted by Gasteiger charge is 2.46. The second-order valence-corrected chi connectivity index (χ2v) is 7.49. The molecular weight excluding hydrogens is 278 g/mol. The SMILES string of the molecule is C[C@H]1CN2CCC[C@H]2CN1C(=O)N1Cc2cn[nH]c2C1(C)C. The number of carbonyl (C=O) groups is 1. The first-order valence-corrected chi connectivity index (χ1v) is 8.33. The number of nitrogens with zero attached hydrogens (tertiary/aromatic N) is 4. The van der Waals surface area contributed by atoms with Gasteiger partial charge < -0.3 is 9.80 Å². The highest BCUT2D eigenvalue weighted by atomic mass is 16.2. The van der Waals surface area contributed by atoms with Crippen LogP contribution >= 0.6 is 0 Å². The van der Waals surface area contributed by atoms with Gasteiger partial charge in [0.05, 0.1) is 24.0 Å². The zero-order valence-electron chi connectivity index (χ0n) is 13.7. The van der Waals surface area contributed by atoms with Crippen molar-refractivity contribution < 1.29 is 4.79 Å². The Hall–Kier alpha value is -1.56. The zero-order valence-corrected chi connectivity index (χ0v) is 13.7. The van der Waals surface area contributed by atoms with Gasteiger partial charge in [0.25, 0.3) is 0 Å². The molecule has 6 heteroatoms. The van der Waals surface area contributed by atoms with Crippen molar-refractivity contribution in [3.05, 3.63) is 17.5 Å². The quantitative estimate of drug-likeness (QED) is 0.794. The number of fused-ring (bicyclic) bond motifs is 2. The molecule has 1 aromatic rings. The van der Waals surface area contributed by atoms with Crippen LogP contribution in [0.15, 0.2) is 6.20 Å². The summed E-state index contributed by atoms with van der Waals surface area (Å²) < 4.78 is 0. The molecule has 0 radical (unpaired) electrons. The number of urea groups is 1. The molecule has 2 amide bonds. The van der Waals surface area contributed by atoms with Gasteiger partial charge in [0, 0.05) is 30.7 Å². The number of piperazine rings is 1. The van der Waals surface area contributed by atoms with Crippen LogP contribution in [0.4, 0.5) is 4.79 Å².